The van der Waals surface area contributed by atoms with Crippen LogP contribution >= 0.6 is 23.4 Å². The number of nitrogens with one attached hydrogen (secondary N) is 1. The minimum absolute atomic E-state index is 0.0884. The predicted octanol–water partition coefficient (Wildman–Crippen LogP) is 4.15. The first-order valence-corrected chi connectivity index (χ1v) is 9.57. The van der Waals surface area contributed by atoms with Crippen molar-refractivity contribution >= 4 is 40.1 Å². The Morgan fingerprint density at radius 2 is 2.21 bits per heavy atom. The third-order valence-electron chi connectivity index (χ3n) is 4.50. The minimum Gasteiger partial charge on any atom is -0.350 e. The van der Waals surface area contributed by atoms with Gasteiger partial charge in [-0.3, -0.25) is 9.79 Å². The number of anilines is 1. The zero-order valence-corrected chi connectivity index (χ0v) is 15.2. The normalized spacial score (nSPS) is 23.2. The van der Waals surface area contributed by atoms with Crippen molar-refractivity contribution in [2.45, 2.75) is 44.2 Å². The Bertz CT molecular complexity index is 649. The van der Waals surface area contributed by atoms with Crippen molar-refractivity contribution in [1.82, 2.24) is 4.90 Å². The number of carbonyl (C=O) groups excluding carboxylic acids is 1. The molecule has 3 rings (SSSR count). The molecule has 2 aliphatic rings. The van der Waals surface area contributed by atoms with Crippen molar-refractivity contribution in [2.24, 2.45) is 4.99 Å². The predicted molar refractivity (Wildman–Crippen MR) is 98.4 cm³/mol. The molecule has 0 bridgehead atoms. The van der Waals surface area contributed by atoms with E-state index in [0.717, 1.165) is 10.9 Å². The number of hydrogen-bond donors (Lipinski definition) is 1. The second-order valence-corrected chi connectivity index (χ2v) is 7.73. The molecule has 7 heteroatoms. The number of amidine groups is 1. The summed E-state index contributed by atoms with van der Waals surface area (Å²) >= 11 is 7.42. The Morgan fingerprint density at radius 3 is 2.92 bits per heavy atom. The Labute approximate surface area is 150 Å². The number of halogens is 2. The van der Waals surface area contributed by atoms with E-state index < -0.39 is 5.82 Å². The highest BCUT2D eigenvalue weighted by molar-refractivity contribution is 8.14. The molecular weight excluding hydrogens is 349 g/mol. The lowest BCUT2D eigenvalue weighted by Gasteiger charge is -2.21. The smallest absolute Gasteiger partial charge is 0.226 e. The summed E-state index contributed by atoms with van der Waals surface area (Å²) in [7, 11) is 1.98. The van der Waals surface area contributed by atoms with Crippen LogP contribution in [-0.4, -0.2) is 40.9 Å². The monoisotopic (exact) mass is 369 g/mol. The lowest BCUT2D eigenvalue weighted by atomic mass is 10.2. The topological polar surface area (TPSA) is 44.7 Å². The molecule has 0 aromatic heterocycles. The SMILES string of the molecule is CN1C(=NC2CCCC2)SCC1CC(=O)Nc1ccc(Cl)cc1F. The van der Waals surface area contributed by atoms with Crippen LogP contribution in [0.1, 0.15) is 32.1 Å². The largest absolute Gasteiger partial charge is 0.350 e. The Balaban J connectivity index is 1.56. The van der Waals surface area contributed by atoms with Gasteiger partial charge in [-0.05, 0) is 31.0 Å². The molecule has 1 aliphatic carbocycles. The standard InChI is InChI=1S/C17H21ClFN3OS/c1-22-13(10-24-17(22)20-12-4-2-3-5-12)9-16(23)21-15-7-6-11(18)8-14(15)19/h6-8,12-13H,2-5,9-10H2,1H3,(H,21,23). The number of rotatable bonds is 4. The molecular formula is C17H21ClFN3OS. The molecule has 0 radical (unpaired) electrons. The molecule has 0 spiro atoms. The van der Waals surface area contributed by atoms with Gasteiger partial charge in [0.25, 0.3) is 0 Å². The van der Waals surface area contributed by atoms with Crippen LogP contribution < -0.4 is 5.32 Å². The van der Waals surface area contributed by atoms with Crippen LogP contribution in [0.2, 0.25) is 5.02 Å². The molecule has 1 saturated heterocycles. The average molecular weight is 370 g/mol. The number of thioether (sulfide) groups is 1. The molecule has 1 N–H and O–H groups in total. The highest BCUT2D eigenvalue weighted by atomic mass is 35.5. The number of amides is 1. The number of aliphatic imine (C=N–C) groups is 1. The van der Waals surface area contributed by atoms with E-state index in [4.69, 9.17) is 16.6 Å². The number of hydrogen-bond acceptors (Lipinski definition) is 3. The van der Waals surface area contributed by atoms with E-state index in [1.54, 1.807) is 17.8 Å². The lowest BCUT2D eigenvalue weighted by Crippen LogP contribution is -2.34. The van der Waals surface area contributed by atoms with E-state index in [1.165, 1.54) is 37.8 Å². The highest BCUT2D eigenvalue weighted by Crippen LogP contribution is 2.29. The Kier molecular flexibility index (Phi) is 5.66. The molecule has 1 saturated carbocycles. The summed E-state index contributed by atoms with van der Waals surface area (Å²) in [6.45, 7) is 0. The van der Waals surface area contributed by atoms with Gasteiger partial charge in [0.1, 0.15) is 5.82 Å². The van der Waals surface area contributed by atoms with Crippen molar-refractivity contribution in [1.29, 1.82) is 0 Å². The summed E-state index contributed by atoms with van der Waals surface area (Å²) in [5, 5.41) is 3.96. The summed E-state index contributed by atoms with van der Waals surface area (Å²) in [5.41, 5.74) is 0.164. The molecule has 1 amide bonds. The van der Waals surface area contributed by atoms with Crippen molar-refractivity contribution < 1.29 is 9.18 Å². The maximum Gasteiger partial charge on any atom is 0.226 e. The van der Waals surface area contributed by atoms with E-state index in [2.05, 4.69) is 10.2 Å². The van der Waals surface area contributed by atoms with Crippen LogP contribution in [0.3, 0.4) is 0 Å². The second-order valence-electron chi connectivity index (χ2n) is 6.30. The third-order valence-corrected chi connectivity index (χ3v) is 5.94. The molecule has 1 atom stereocenters. The van der Waals surface area contributed by atoms with Gasteiger partial charge in [0.2, 0.25) is 5.91 Å². The molecule has 130 valence electrons. The zero-order chi connectivity index (χ0) is 17.1. The van der Waals surface area contributed by atoms with E-state index in [1.807, 2.05) is 7.05 Å². The van der Waals surface area contributed by atoms with Gasteiger partial charge in [-0.1, -0.05) is 36.2 Å². The molecule has 1 heterocycles. The number of nitrogens with zero attached hydrogens (tertiary/aromatic N) is 2. The minimum atomic E-state index is -0.520. The van der Waals surface area contributed by atoms with Crippen LogP contribution in [0.4, 0.5) is 10.1 Å². The third kappa shape index (κ3) is 4.22. The van der Waals surface area contributed by atoms with Crippen LogP contribution in [0.5, 0.6) is 0 Å². The van der Waals surface area contributed by atoms with Crippen molar-refractivity contribution in [3.8, 4) is 0 Å². The van der Waals surface area contributed by atoms with Gasteiger partial charge in [0, 0.05) is 30.3 Å². The lowest BCUT2D eigenvalue weighted by molar-refractivity contribution is -0.116. The van der Waals surface area contributed by atoms with Gasteiger partial charge in [0.05, 0.1) is 11.7 Å². The molecule has 4 nitrogen and oxygen atoms in total. The van der Waals surface area contributed by atoms with E-state index >= 15 is 0 Å². The maximum absolute atomic E-state index is 13.8. The summed E-state index contributed by atoms with van der Waals surface area (Å²) in [4.78, 5) is 19.1. The summed E-state index contributed by atoms with van der Waals surface area (Å²) in [5.74, 6) is 0.114. The number of benzene rings is 1. The van der Waals surface area contributed by atoms with Gasteiger partial charge >= 0.3 is 0 Å². The second kappa shape index (κ2) is 7.74. The molecule has 24 heavy (non-hydrogen) atoms. The Hall–Kier alpha value is -1.27. The van der Waals surface area contributed by atoms with Crippen LogP contribution in [0.15, 0.2) is 23.2 Å². The molecule has 1 aliphatic heterocycles. The zero-order valence-electron chi connectivity index (χ0n) is 13.6. The van der Waals surface area contributed by atoms with Gasteiger partial charge in [0.15, 0.2) is 5.17 Å². The quantitative estimate of drug-likeness (QED) is 0.866. The maximum atomic E-state index is 13.8. The van der Waals surface area contributed by atoms with Gasteiger partial charge < -0.3 is 10.2 Å². The first-order chi connectivity index (χ1) is 11.5. The Morgan fingerprint density at radius 1 is 1.46 bits per heavy atom. The van der Waals surface area contributed by atoms with Crippen molar-refractivity contribution in [3.05, 3.63) is 29.0 Å². The first-order valence-electron chi connectivity index (χ1n) is 8.21. The first kappa shape index (κ1) is 17.5. The summed E-state index contributed by atoms with van der Waals surface area (Å²) in [6, 6.07) is 4.76. The fourth-order valence-corrected chi connectivity index (χ4v) is 4.48. The molecule has 1 aromatic rings. The highest BCUT2D eigenvalue weighted by Gasteiger charge is 2.30. The summed E-state index contributed by atoms with van der Waals surface area (Å²) < 4.78 is 13.8. The van der Waals surface area contributed by atoms with E-state index in [0.29, 0.717) is 17.5 Å². The number of carbonyl (C=O) groups is 1. The van der Waals surface area contributed by atoms with Gasteiger partial charge in [-0.25, -0.2) is 4.39 Å². The fourth-order valence-electron chi connectivity index (χ4n) is 3.06. The molecule has 1 unspecified atom stereocenters. The van der Waals surface area contributed by atoms with Crippen molar-refractivity contribution in [2.75, 3.05) is 18.1 Å². The fraction of sp³-hybridized carbons (Fsp3) is 0.529. The van der Waals surface area contributed by atoms with Gasteiger partial charge in [-0.15, -0.1) is 0 Å². The van der Waals surface area contributed by atoms with Gasteiger partial charge in [-0.2, -0.15) is 0 Å². The van der Waals surface area contributed by atoms with Crippen LogP contribution in [0, 0.1) is 5.82 Å². The van der Waals surface area contributed by atoms with Crippen molar-refractivity contribution in [3.63, 3.8) is 0 Å². The van der Waals surface area contributed by atoms with E-state index in [9.17, 15) is 9.18 Å². The molecule has 1 aromatic carbocycles. The van der Waals surface area contributed by atoms with Crippen LogP contribution in [0.25, 0.3) is 0 Å². The summed E-state index contributed by atoms with van der Waals surface area (Å²) in [6.07, 6.45) is 5.16. The average Bonchev–Trinajstić information content (AvgIpc) is 3.16. The van der Waals surface area contributed by atoms with E-state index in [-0.39, 0.29) is 17.6 Å². The molecule has 2 fully saturated rings. The van der Waals surface area contributed by atoms with Crippen LogP contribution in [-0.2, 0) is 4.79 Å².